The van der Waals surface area contributed by atoms with Gasteiger partial charge in [-0.1, -0.05) is 59.8 Å². The van der Waals surface area contributed by atoms with Gasteiger partial charge in [0.15, 0.2) is 0 Å². The number of fused-ring (bicyclic) bond motifs is 1. The number of carbonyl (C=O) groups is 2. The fourth-order valence-corrected chi connectivity index (χ4v) is 5.43. The summed E-state index contributed by atoms with van der Waals surface area (Å²) in [6.07, 6.45) is 0. The maximum absolute atomic E-state index is 12.8. The Labute approximate surface area is 210 Å². The Morgan fingerprint density at radius 3 is 2.47 bits per heavy atom. The molecule has 2 aromatic carbocycles. The SMILES string of the molecule is CCOC(=O)c1c(NC(=O)CSc2nnc(-c3ccc(Cl)cc3)c3ccccc23)sc(C)c1C. The normalized spacial score (nSPS) is 10.9. The predicted molar refractivity (Wildman–Crippen MR) is 139 cm³/mol. The van der Waals surface area contributed by atoms with E-state index in [0.717, 1.165) is 32.5 Å². The molecule has 1 N–H and O–H groups in total. The summed E-state index contributed by atoms with van der Waals surface area (Å²) in [6, 6.07) is 15.3. The average molecular weight is 512 g/mol. The Hall–Kier alpha value is -2.94. The van der Waals surface area contributed by atoms with Crippen LogP contribution >= 0.6 is 34.7 Å². The van der Waals surface area contributed by atoms with Crippen molar-refractivity contribution < 1.29 is 14.3 Å². The molecule has 4 aromatic rings. The number of amides is 1. The largest absolute Gasteiger partial charge is 0.462 e. The van der Waals surface area contributed by atoms with Crippen LogP contribution in [0.1, 0.15) is 27.7 Å². The highest BCUT2D eigenvalue weighted by molar-refractivity contribution is 8.00. The second-order valence-corrected chi connectivity index (χ2v) is 10.1. The molecular formula is C25H22ClN3O3S2. The lowest BCUT2D eigenvalue weighted by atomic mass is 10.1. The van der Waals surface area contributed by atoms with E-state index in [4.69, 9.17) is 16.3 Å². The molecule has 4 rings (SSSR count). The molecular weight excluding hydrogens is 490 g/mol. The molecule has 0 bridgehead atoms. The van der Waals surface area contributed by atoms with E-state index in [1.54, 1.807) is 6.92 Å². The highest BCUT2D eigenvalue weighted by Crippen LogP contribution is 2.34. The molecule has 6 nitrogen and oxygen atoms in total. The van der Waals surface area contributed by atoms with Gasteiger partial charge >= 0.3 is 5.97 Å². The fourth-order valence-electron chi connectivity index (χ4n) is 3.47. The molecule has 174 valence electrons. The Kier molecular flexibility index (Phi) is 7.50. The van der Waals surface area contributed by atoms with Crippen molar-refractivity contribution in [2.45, 2.75) is 25.8 Å². The highest BCUT2D eigenvalue weighted by atomic mass is 35.5. The molecule has 1 amide bonds. The number of rotatable bonds is 7. The van der Waals surface area contributed by atoms with Crippen molar-refractivity contribution in [2.24, 2.45) is 0 Å². The average Bonchev–Trinajstić information content (AvgIpc) is 3.11. The van der Waals surface area contributed by atoms with Gasteiger partial charge < -0.3 is 10.1 Å². The summed E-state index contributed by atoms with van der Waals surface area (Å²) in [4.78, 5) is 26.1. The molecule has 0 unspecified atom stereocenters. The van der Waals surface area contributed by atoms with E-state index < -0.39 is 5.97 Å². The van der Waals surface area contributed by atoms with Gasteiger partial charge in [0.1, 0.15) is 15.7 Å². The van der Waals surface area contributed by atoms with Crippen LogP contribution in [0.4, 0.5) is 5.00 Å². The lowest BCUT2D eigenvalue weighted by Gasteiger charge is -2.10. The zero-order valence-corrected chi connectivity index (χ0v) is 21.2. The van der Waals surface area contributed by atoms with Gasteiger partial charge in [-0.05, 0) is 38.5 Å². The Morgan fingerprint density at radius 1 is 1.06 bits per heavy atom. The van der Waals surface area contributed by atoms with Crippen molar-refractivity contribution >= 4 is 62.3 Å². The fraction of sp³-hybridized carbons (Fsp3) is 0.200. The van der Waals surface area contributed by atoms with E-state index in [0.29, 0.717) is 20.6 Å². The summed E-state index contributed by atoms with van der Waals surface area (Å²) in [6.45, 7) is 5.79. The molecule has 0 aliphatic heterocycles. The van der Waals surface area contributed by atoms with Gasteiger partial charge in [-0.3, -0.25) is 4.79 Å². The van der Waals surface area contributed by atoms with E-state index >= 15 is 0 Å². The topological polar surface area (TPSA) is 81.2 Å². The first-order valence-electron chi connectivity index (χ1n) is 10.6. The molecule has 0 saturated carbocycles. The number of aromatic nitrogens is 2. The number of thioether (sulfide) groups is 1. The van der Waals surface area contributed by atoms with Crippen molar-refractivity contribution in [3.05, 3.63) is 69.6 Å². The van der Waals surface area contributed by atoms with Crippen molar-refractivity contribution in [1.29, 1.82) is 0 Å². The minimum absolute atomic E-state index is 0.122. The first kappa shape index (κ1) is 24.2. The third-order valence-corrected chi connectivity index (χ3v) is 7.59. The van der Waals surface area contributed by atoms with Gasteiger partial charge in [-0.25, -0.2) is 4.79 Å². The van der Waals surface area contributed by atoms with Crippen LogP contribution in [-0.2, 0) is 9.53 Å². The number of nitrogens with one attached hydrogen (secondary N) is 1. The van der Waals surface area contributed by atoms with Crippen molar-refractivity contribution in [2.75, 3.05) is 17.7 Å². The highest BCUT2D eigenvalue weighted by Gasteiger charge is 2.22. The van der Waals surface area contributed by atoms with Crippen LogP contribution in [0.2, 0.25) is 5.02 Å². The minimum Gasteiger partial charge on any atom is -0.462 e. The van der Waals surface area contributed by atoms with Crippen LogP contribution in [0, 0.1) is 13.8 Å². The summed E-state index contributed by atoms with van der Waals surface area (Å²) in [5.41, 5.74) is 2.91. The van der Waals surface area contributed by atoms with Crippen molar-refractivity contribution in [1.82, 2.24) is 10.2 Å². The Balaban J connectivity index is 1.54. The molecule has 2 aromatic heterocycles. The van der Waals surface area contributed by atoms with Gasteiger partial charge in [0.05, 0.1) is 17.9 Å². The second kappa shape index (κ2) is 10.5. The monoisotopic (exact) mass is 511 g/mol. The minimum atomic E-state index is -0.429. The number of ether oxygens (including phenoxy) is 1. The molecule has 9 heteroatoms. The quantitative estimate of drug-likeness (QED) is 0.224. The number of anilines is 1. The van der Waals surface area contributed by atoms with E-state index in [-0.39, 0.29) is 18.3 Å². The lowest BCUT2D eigenvalue weighted by molar-refractivity contribution is -0.113. The number of halogens is 1. The number of hydrogen-bond acceptors (Lipinski definition) is 7. The first-order chi connectivity index (χ1) is 16.4. The molecule has 0 spiro atoms. The third-order valence-electron chi connectivity index (χ3n) is 5.23. The molecule has 0 radical (unpaired) electrons. The molecule has 0 aliphatic rings. The lowest BCUT2D eigenvalue weighted by Crippen LogP contribution is -2.16. The third kappa shape index (κ3) is 5.09. The molecule has 0 fully saturated rings. The standard InChI is InChI=1S/C25H22ClN3O3S2/c1-4-32-25(31)21-14(2)15(3)34-24(21)27-20(30)13-33-23-19-8-6-5-7-18(19)22(28-29-23)16-9-11-17(26)12-10-16/h5-12H,4,13H2,1-3H3,(H,27,30). The number of hydrogen-bond donors (Lipinski definition) is 1. The van der Waals surface area contributed by atoms with Gasteiger partial charge in [0.2, 0.25) is 5.91 Å². The van der Waals surface area contributed by atoms with Crippen LogP contribution in [0.15, 0.2) is 53.6 Å². The van der Waals surface area contributed by atoms with E-state index in [2.05, 4.69) is 15.5 Å². The maximum Gasteiger partial charge on any atom is 0.341 e. The molecule has 0 aliphatic carbocycles. The number of nitrogens with zero attached hydrogens (tertiary/aromatic N) is 2. The number of aryl methyl sites for hydroxylation is 1. The summed E-state index contributed by atoms with van der Waals surface area (Å²) in [7, 11) is 0. The van der Waals surface area contributed by atoms with Crippen molar-refractivity contribution in [3.8, 4) is 11.3 Å². The van der Waals surface area contributed by atoms with Gasteiger partial charge in [-0.2, -0.15) is 0 Å². The Bertz CT molecular complexity index is 1370. The van der Waals surface area contributed by atoms with E-state index in [9.17, 15) is 9.59 Å². The zero-order chi connectivity index (χ0) is 24.2. The van der Waals surface area contributed by atoms with Crippen LogP contribution < -0.4 is 5.32 Å². The van der Waals surface area contributed by atoms with Crippen LogP contribution in [0.5, 0.6) is 0 Å². The summed E-state index contributed by atoms with van der Waals surface area (Å²) < 4.78 is 5.16. The number of esters is 1. The molecule has 34 heavy (non-hydrogen) atoms. The Morgan fingerprint density at radius 2 is 1.76 bits per heavy atom. The number of benzene rings is 2. The number of thiophene rings is 1. The summed E-state index contributed by atoms with van der Waals surface area (Å²) in [5.74, 6) is -0.538. The molecule has 2 heterocycles. The zero-order valence-electron chi connectivity index (χ0n) is 18.8. The predicted octanol–water partition coefficient (Wildman–Crippen LogP) is 6.54. The smallest absolute Gasteiger partial charge is 0.341 e. The van der Waals surface area contributed by atoms with E-state index in [1.165, 1.54) is 23.1 Å². The van der Waals surface area contributed by atoms with E-state index in [1.807, 2.05) is 62.4 Å². The van der Waals surface area contributed by atoms with Crippen molar-refractivity contribution in [3.63, 3.8) is 0 Å². The van der Waals surface area contributed by atoms with Crippen LogP contribution in [-0.4, -0.2) is 34.4 Å². The number of carbonyl (C=O) groups excluding carboxylic acids is 2. The van der Waals surface area contributed by atoms with Gasteiger partial charge in [0, 0.05) is 26.2 Å². The first-order valence-corrected chi connectivity index (χ1v) is 12.8. The van der Waals surface area contributed by atoms with Crippen LogP contribution in [0.25, 0.3) is 22.0 Å². The van der Waals surface area contributed by atoms with Gasteiger partial charge in [0.25, 0.3) is 0 Å². The van der Waals surface area contributed by atoms with Crippen LogP contribution in [0.3, 0.4) is 0 Å². The van der Waals surface area contributed by atoms with Gasteiger partial charge in [-0.15, -0.1) is 21.5 Å². The summed E-state index contributed by atoms with van der Waals surface area (Å²) in [5, 5.41) is 15.4. The maximum atomic E-state index is 12.8. The second-order valence-electron chi connectivity index (χ2n) is 7.45. The molecule has 0 atom stereocenters. The molecule has 0 saturated heterocycles. The summed E-state index contributed by atoms with van der Waals surface area (Å²) >= 11 is 8.69.